The second-order valence-corrected chi connectivity index (χ2v) is 10.5. The number of hydrogen-bond acceptors (Lipinski definition) is 5. The molecule has 0 radical (unpaired) electrons. The summed E-state index contributed by atoms with van der Waals surface area (Å²) in [6.07, 6.45) is 8.39. The van der Waals surface area contributed by atoms with E-state index < -0.39 is 7.43 Å². The van der Waals surface area contributed by atoms with Crippen LogP contribution in [0.2, 0.25) is 0 Å². The summed E-state index contributed by atoms with van der Waals surface area (Å²) in [5.41, 5.74) is 0. The van der Waals surface area contributed by atoms with Crippen molar-refractivity contribution in [3.05, 3.63) is 30.3 Å². The number of unbranched alkanes of at least 4 members (excludes halogenated alkanes) is 5. The molecule has 1 aliphatic heterocycles. The molecule has 0 saturated heterocycles. The second kappa shape index (κ2) is 11.2. The van der Waals surface area contributed by atoms with Gasteiger partial charge in [0.2, 0.25) is 0 Å². The van der Waals surface area contributed by atoms with E-state index in [1.807, 2.05) is 30.3 Å². The molecule has 1 aliphatic rings. The molecule has 1 unspecified atom stereocenters. The highest BCUT2D eigenvalue weighted by Crippen LogP contribution is 2.58. The predicted octanol–water partition coefficient (Wildman–Crippen LogP) is 8.61. The Hall–Kier alpha value is -0.450. The number of rotatable bonds is 9. The van der Waals surface area contributed by atoms with Crippen LogP contribution < -0.4 is 4.52 Å². The molecule has 124 valence electrons. The summed E-state index contributed by atoms with van der Waals surface area (Å²) >= 11 is 0. The molecule has 0 spiro atoms. The van der Waals surface area contributed by atoms with Crippen LogP contribution >= 0.6 is 33.0 Å². The van der Waals surface area contributed by atoms with Gasteiger partial charge in [-0.2, -0.15) is 18.1 Å². The van der Waals surface area contributed by atoms with Gasteiger partial charge in [-0.1, -0.05) is 57.2 Å². The first-order valence-corrected chi connectivity index (χ1v) is 12.1. The van der Waals surface area contributed by atoms with Crippen molar-refractivity contribution >= 4 is 33.0 Å². The zero-order valence-corrected chi connectivity index (χ0v) is 16.9. The van der Waals surface area contributed by atoms with Gasteiger partial charge in [0.1, 0.15) is 5.75 Å². The molecule has 5 nitrogen and oxygen atoms in total. The van der Waals surface area contributed by atoms with Crippen LogP contribution in [0.1, 0.15) is 45.4 Å². The van der Waals surface area contributed by atoms with Gasteiger partial charge in [0.15, 0.2) is 25.6 Å². The fraction of sp³-hybridized carbons (Fsp3) is 0.571. The van der Waals surface area contributed by atoms with Crippen molar-refractivity contribution in [1.82, 2.24) is 0 Å². The van der Waals surface area contributed by atoms with E-state index in [0.717, 1.165) is 18.3 Å². The third-order valence-corrected chi connectivity index (χ3v) is 8.88. The lowest BCUT2D eigenvalue weighted by Crippen LogP contribution is -1.96. The fourth-order valence-corrected chi connectivity index (χ4v) is 7.49. The van der Waals surface area contributed by atoms with Gasteiger partial charge in [0, 0.05) is 6.16 Å². The second-order valence-electron chi connectivity index (χ2n) is 5.19. The van der Waals surface area contributed by atoms with Crippen molar-refractivity contribution in [2.75, 3.05) is 6.16 Å². The van der Waals surface area contributed by atoms with E-state index in [-0.39, 0.29) is 0 Å². The Morgan fingerprint density at radius 2 is 1.65 bits per heavy atom. The Morgan fingerprint density at radius 3 is 2.48 bits per heavy atom. The van der Waals surface area contributed by atoms with Crippen molar-refractivity contribution < 1.29 is 4.52 Å². The predicted molar refractivity (Wildman–Crippen MR) is 103 cm³/mol. The van der Waals surface area contributed by atoms with Crippen molar-refractivity contribution in [2.45, 2.75) is 45.4 Å². The molecule has 0 bridgehead atoms. The zero-order valence-electron chi connectivity index (χ0n) is 13.3. The average molecular weight is 386 g/mol. The molecule has 2 rings (SSSR count). The van der Waals surface area contributed by atoms with Gasteiger partial charge in [0.25, 0.3) is 7.43 Å². The Labute approximate surface area is 143 Å². The zero-order chi connectivity index (χ0) is 16.2. The molecule has 1 aromatic rings. The molecule has 9 heteroatoms. The standard InChI is InChI=1S/C14H22N4OP4/c1-2-3-4-5-6-10-13-23(17-21-15-20-16-22-18-23)19-14-11-8-7-9-12-14/h7-9,11-12H,2-6,10,13H2,1H3. The number of para-hydroxylation sites is 1. The van der Waals surface area contributed by atoms with E-state index in [4.69, 9.17) is 13.6 Å². The van der Waals surface area contributed by atoms with Gasteiger partial charge in [0.05, 0.1) is 0 Å². The van der Waals surface area contributed by atoms with Gasteiger partial charge in [-0.05, 0) is 18.6 Å². The monoisotopic (exact) mass is 386 g/mol. The minimum absolute atomic E-state index is 0.686. The van der Waals surface area contributed by atoms with Crippen LogP contribution in [0.5, 0.6) is 5.75 Å². The van der Waals surface area contributed by atoms with Crippen LogP contribution in [0.4, 0.5) is 0 Å². The number of nitrogens with zero attached hydrogens (tertiary/aromatic N) is 4. The van der Waals surface area contributed by atoms with Crippen LogP contribution in [-0.2, 0) is 0 Å². The molecule has 0 fully saturated rings. The quantitative estimate of drug-likeness (QED) is 0.310. The molecule has 0 aromatic heterocycles. The third-order valence-electron chi connectivity index (χ3n) is 3.32. The Balaban J connectivity index is 2.03. The molecule has 0 amide bonds. The van der Waals surface area contributed by atoms with Crippen molar-refractivity contribution in [3.63, 3.8) is 0 Å². The first kappa shape index (κ1) is 18.9. The highest BCUT2D eigenvalue weighted by Gasteiger charge is 2.21. The molecule has 0 aliphatic carbocycles. The summed E-state index contributed by atoms with van der Waals surface area (Å²) in [6, 6.07) is 9.87. The maximum atomic E-state index is 6.25. The van der Waals surface area contributed by atoms with E-state index in [9.17, 15) is 0 Å². The van der Waals surface area contributed by atoms with Crippen molar-refractivity contribution in [2.24, 2.45) is 18.1 Å². The van der Waals surface area contributed by atoms with E-state index in [1.165, 1.54) is 32.1 Å². The first-order valence-electron chi connectivity index (χ1n) is 7.92. The summed E-state index contributed by atoms with van der Waals surface area (Å²) in [6.45, 7) is 2.24. The maximum Gasteiger partial charge on any atom is 0.261 e. The van der Waals surface area contributed by atoms with Crippen molar-refractivity contribution in [3.8, 4) is 5.75 Å². The normalized spacial score (nSPS) is 22.0. The summed E-state index contributed by atoms with van der Waals surface area (Å²) in [5, 5.41) is 0. The molecule has 1 atom stereocenters. The van der Waals surface area contributed by atoms with Gasteiger partial charge in [-0.25, -0.2) is 0 Å². The molecule has 0 saturated carbocycles. The van der Waals surface area contributed by atoms with Gasteiger partial charge in [-0.15, -0.1) is 0 Å². The van der Waals surface area contributed by atoms with Crippen LogP contribution in [0.3, 0.4) is 0 Å². The number of benzene rings is 1. The lowest BCUT2D eigenvalue weighted by molar-refractivity contribution is 0.588. The van der Waals surface area contributed by atoms with Crippen LogP contribution in [0.25, 0.3) is 0 Å². The smallest absolute Gasteiger partial charge is 0.261 e. The van der Waals surface area contributed by atoms with Crippen molar-refractivity contribution in [1.29, 1.82) is 0 Å². The summed E-state index contributed by atoms with van der Waals surface area (Å²) < 4.78 is 24.1. The molecule has 1 aromatic carbocycles. The first-order chi connectivity index (χ1) is 11.3. The molecular formula is C14H22N4OP4. The Bertz CT molecular complexity index is 604. The van der Waals surface area contributed by atoms with Gasteiger partial charge < -0.3 is 4.52 Å². The van der Waals surface area contributed by atoms with Crippen LogP contribution in [-0.4, -0.2) is 6.16 Å². The topological polar surface area (TPSA) is 58.7 Å². The highest BCUT2D eigenvalue weighted by molar-refractivity contribution is 7.68. The average Bonchev–Trinajstić information content (AvgIpc) is 2.55. The summed E-state index contributed by atoms with van der Waals surface area (Å²) in [5.74, 6) is 0.836. The molecule has 1 heterocycles. The van der Waals surface area contributed by atoms with Crippen LogP contribution in [0.15, 0.2) is 48.4 Å². The molecule has 23 heavy (non-hydrogen) atoms. The fourth-order valence-electron chi connectivity index (χ4n) is 2.15. The SMILES string of the molecule is CCCCCCCCP1(Oc2ccccc2)=NP=NP=NP=N1. The molecular weight excluding hydrogens is 364 g/mol. The molecule has 0 N–H and O–H groups in total. The van der Waals surface area contributed by atoms with E-state index in [1.54, 1.807) is 0 Å². The lowest BCUT2D eigenvalue weighted by Gasteiger charge is -2.19. The van der Waals surface area contributed by atoms with Gasteiger partial charge >= 0.3 is 0 Å². The van der Waals surface area contributed by atoms with E-state index >= 15 is 0 Å². The minimum atomic E-state index is -2.21. The van der Waals surface area contributed by atoms with Crippen LogP contribution in [0, 0.1) is 0 Å². The van der Waals surface area contributed by atoms with E-state index in [2.05, 4.69) is 16.0 Å². The van der Waals surface area contributed by atoms with Gasteiger partial charge in [-0.3, -0.25) is 0 Å². The van der Waals surface area contributed by atoms with E-state index in [0.29, 0.717) is 25.6 Å². The Morgan fingerprint density at radius 1 is 0.913 bits per heavy atom. The minimum Gasteiger partial charge on any atom is -0.441 e. The summed E-state index contributed by atoms with van der Waals surface area (Å²) in [7, 11) is -0.128. The Kier molecular flexibility index (Phi) is 9.17. The number of hydrogen-bond donors (Lipinski definition) is 0. The maximum absolute atomic E-state index is 6.25. The largest absolute Gasteiger partial charge is 0.441 e. The third kappa shape index (κ3) is 7.32. The highest BCUT2D eigenvalue weighted by atomic mass is 31.2. The lowest BCUT2D eigenvalue weighted by atomic mass is 10.1. The summed E-state index contributed by atoms with van der Waals surface area (Å²) in [4.78, 5) is 0.